The molecule has 0 aliphatic carbocycles. The minimum absolute atomic E-state index is 0.0959. The van der Waals surface area contributed by atoms with E-state index >= 15 is 0 Å². The van der Waals surface area contributed by atoms with Crippen LogP contribution in [0.2, 0.25) is 0 Å². The van der Waals surface area contributed by atoms with Crippen LogP contribution >= 0.6 is 11.3 Å². The van der Waals surface area contributed by atoms with Gasteiger partial charge in [-0.2, -0.15) is 9.30 Å². The van der Waals surface area contributed by atoms with E-state index < -0.39 is 21.9 Å². The zero-order valence-corrected chi connectivity index (χ0v) is 23.2. The van der Waals surface area contributed by atoms with Crippen LogP contribution in [0, 0.1) is 0 Å². The molecule has 0 saturated carbocycles. The number of hydrogen-bond donors (Lipinski definition) is 0. The fourth-order valence-corrected chi connectivity index (χ4v) is 6.49. The summed E-state index contributed by atoms with van der Waals surface area (Å²) in [5.41, 5.74) is 1.47. The third-order valence-corrected chi connectivity index (χ3v) is 9.14. The molecule has 12 heteroatoms. The standard InChI is InChI=1S/C26H31N3O7S2/c1-4-35-15-13-29-22-12-9-19(25(31)34-3)16-23(22)37-26(29)27-24(30)18-7-10-21(11-8-18)38(32,33)28(2)17-20-6-5-14-36-20/h7-12,16,20H,4-6,13-15,17H2,1-3H3. The number of likely N-dealkylation sites (N-methyl/N-ethyl adjacent to an activating group) is 1. The Kier molecular flexibility index (Phi) is 9.11. The van der Waals surface area contributed by atoms with Crippen molar-refractivity contribution in [2.45, 2.75) is 37.3 Å². The molecular weight excluding hydrogens is 530 g/mol. The summed E-state index contributed by atoms with van der Waals surface area (Å²) in [4.78, 5) is 29.9. The van der Waals surface area contributed by atoms with Crippen LogP contribution in [0.25, 0.3) is 10.2 Å². The van der Waals surface area contributed by atoms with E-state index in [-0.39, 0.29) is 23.1 Å². The highest BCUT2D eigenvalue weighted by atomic mass is 32.2. The minimum Gasteiger partial charge on any atom is -0.465 e. The zero-order chi connectivity index (χ0) is 27.3. The van der Waals surface area contributed by atoms with E-state index in [0.717, 1.165) is 23.1 Å². The number of ether oxygens (including phenoxy) is 3. The smallest absolute Gasteiger partial charge is 0.337 e. The van der Waals surface area contributed by atoms with E-state index in [4.69, 9.17) is 14.2 Å². The van der Waals surface area contributed by atoms with Crippen LogP contribution in [0.5, 0.6) is 0 Å². The molecule has 0 N–H and O–H groups in total. The van der Waals surface area contributed by atoms with Gasteiger partial charge in [0.15, 0.2) is 4.80 Å². The summed E-state index contributed by atoms with van der Waals surface area (Å²) in [6.07, 6.45) is 1.66. The number of benzene rings is 2. The summed E-state index contributed by atoms with van der Waals surface area (Å²) < 4.78 is 45.7. The van der Waals surface area contributed by atoms with Crippen molar-refractivity contribution in [3.8, 4) is 0 Å². The van der Waals surface area contributed by atoms with Gasteiger partial charge in [0.2, 0.25) is 10.0 Å². The van der Waals surface area contributed by atoms with Gasteiger partial charge >= 0.3 is 5.97 Å². The Hall–Kier alpha value is -2.90. The zero-order valence-electron chi connectivity index (χ0n) is 21.6. The second-order valence-corrected chi connectivity index (χ2v) is 11.8. The van der Waals surface area contributed by atoms with Crippen molar-refractivity contribution in [2.24, 2.45) is 4.99 Å². The molecule has 1 atom stereocenters. The average Bonchev–Trinajstić information content (AvgIpc) is 3.55. The molecule has 0 spiro atoms. The maximum Gasteiger partial charge on any atom is 0.337 e. The monoisotopic (exact) mass is 561 g/mol. The molecule has 10 nitrogen and oxygen atoms in total. The van der Waals surface area contributed by atoms with Crippen LogP contribution in [0.1, 0.15) is 40.5 Å². The molecule has 3 aromatic rings. The molecule has 2 heterocycles. The first-order valence-electron chi connectivity index (χ1n) is 12.3. The van der Waals surface area contributed by atoms with Crippen LogP contribution in [-0.4, -0.2) is 75.8 Å². The van der Waals surface area contributed by atoms with E-state index in [1.165, 1.54) is 54.1 Å². The Morgan fingerprint density at radius 1 is 1.18 bits per heavy atom. The van der Waals surface area contributed by atoms with E-state index in [0.29, 0.717) is 36.7 Å². The van der Waals surface area contributed by atoms with Crippen molar-refractivity contribution >= 4 is 43.5 Å². The Balaban J connectivity index is 1.61. The lowest BCUT2D eigenvalue weighted by Crippen LogP contribution is -2.34. The number of amides is 1. The van der Waals surface area contributed by atoms with Crippen molar-refractivity contribution in [3.05, 3.63) is 58.4 Å². The van der Waals surface area contributed by atoms with Gasteiger partial charge in [-0.05, 0) is 62.2 Å². The maximum absolute atomic E-state index is 13.1. The van der Waals surface area contributed by atoms with Gasteiger partial charge in [0.05, 0.1) is 40.5 Å². The predicted octanol–water partition coefficient (Wildman–Crippen LogP) is 3.07. The summed E-state index contributed by atoms with van der Waals surface area (Å²) >= 11 is 1.27. The van der Waals surface area contributed by atoms with Gasteiger partial charge in [0.1, 0.15) is 0 Å². The highest BCUT2D eigenvalue weighted by Crippen LogP contribution is 2.21. The Bertz CT molecular complexity index is 1470. The number of hydrogen-bond acceptors (Lipinski definition) is 8. The van der Waals surface area contributed by atoms with E-state index in [1.54, 1.807) is 18.2 Å². The van der Waals surface area contributed by atoms with Crippen molar-refractivity contribution in [3.63, 3.8) is 0 Å². The predicted molar refractivity (Wildman–Crippen MR) is 143 cm³/mol. The van der Waals surface area contributed by atoms with Crippen molar-refractivity contribution in [1.82, 2.24) is 8.87 Å². The van der Waals surface area contributed by atoms with Gasteiger partial charge in [-0.1, -0.05) is 11.3 Å². The molecule has 204 valence electrons. The third kappa shape index (κ3) is 6.21. The summed E-state index contributed by atoms with van der Waals surface area (Å²) in [5.74, 6) is -0.959. The van der Waals surface area contributed by atoms with Crippen molar-refractivity contribution < 1.29 is 32.2 Å². The van der Waals surface area contributed by atoms with E-state index in [9.17, 15) is 18.0 Å². The first-order chi connectivity index (χ1) is 18.2. The van der Waals surface area contributed by atoms with Gasteiger partial charge in [-0.25, -0.2) is 13.2 Å². The molecular formula is C26H31N3O7S2. The Morgan fingerprint density at radius 2 is 1.92 bits per heavy atom. The topological polar surface area (TPSA) is 117 Å². The molecule has 38 heavy (non-hydrogen) atoms. The molecule has 1 saturated heterocycles. The van der Waals surface area contributed by atoms with Gasteiger partial charge < -0.3 is 18.8 Å². The Morgan fingerprint density at radius 3 is 2.58 bits per heavy atom. The molecule has 1 aliphatic heterocycles. The molecule has 1 amide bonds. The van der Waals surface area contributed by atoms with Crippen LogP contribution in [-0.2, 0) is 30.8 Å². The third-order valence-electron chi connectivity index (χ3n) is 6.26. The van der Waals surface area contributed by atoms with Gasteiger partial charge in [0.25, 0.3) is 5.91 Å². The molecule has 0 radical (unpaired) electrons. The van der Waals surface area contributed by atoms with Gasteiger partial charge in [-0.15, -0.1) is 0 Å². The highest BCUT2D eigenvalue weighted by Gasteiger charge is 2.26. The molecule has 0 bridgehead atoms. The summed E-state index contributed by atoms with van der Waals surface area (Å²) in [6, 6.07) is 10.9. The molecule has 1 aromatic heterocycles. The second-order valence-electron chi connectivity index (χ2n) is 8.77. The number of sulfonamides is 1. The van der Waals surface area contributed by atoms with Crippen LogP contribution in [0.15, 0.2) is 52.4 Å². The summed E-state index contributed by atoms with van der Waals surface area (Å²) in [6.45, 7) is 4.28. The first kappa shape index (κ1) is 28.1. The molecule has 1 fully saturated rings. The minimum atomic E-state index is -3.72. The second kappa shape index (κ2) is 12.3. The van der Waals surface area contributed by atoms with E-state index in [2.05, 4.69) is 4.99 Å². The lowest BCUT2D eigenvalue weighted by Gasteiger charge is -2.20. The summed E-state index contributed by atoms with van der Waals surface area (Å²) in [5, 5.41) is 0. The first-order valence-corrected chi connectivity index (χ1v) is 14.6. The number of rotatable bonds is 10. The number of thiazole rings is 1. The molecule has 4 rings (SSSR count). The van der Waals surface area contributed by atoms with Crippen molar-refractivity contribution in [2.75, 3.05) is 40.5 Å². The number of fused-ring (bicyclic) bond motifs is 1. The van der Waals surface area contributed by atoms with Crippen LogP contribution in [0.4, 0.5) is 0 Å². The number of methoxy groups -OCH3 is 1. The van der Waals surface area contributed by atoms with Gasteiger partial charge in [0, 0.05) is 38.9 Å². The number of carbonyl (C=O) groups excluding carboxylic acids is 2. The molecule has 1 aliphatic rings. The number of nitrogens with zero attached hydrogens (tertiary/aromatic N) is 3. The van der Waals surface area contributed by atoms with Crippen molar-refractivity contribution in [1.29, 1.82) is 0 Å². The fourth-order valence-electron chi connectivity index (χ4n) is 4.19. The SMILES string of the molecule is CCOCCn1c(=NC(=O)c2ccc(S(=O)(=O)N(C)CC3CCCO3)cc2)sc2cc(C(=O)OC)ccc21. The molecule has 1 unspecified atom stereocenters. The maximum atomic E-state index is 13.1. The van der Waals surface area contributed by atoms with Gasteiger partial charge in [-0.3, -0.25) is 4.79 Å². The number of carbonyl (C=O) groups is 2. The van der Waals surface area contributed by atoms with E-state index in [1.807, 2.05) is 11.5 Å². The number of esters is 1. The Labute approximate surface area is 225 Å². The average molecular weight is 562 g/mol. The van der Waals surface area contributed by atoms with Crippen LogP contribution in [0.3, 0.4) is 0 Å². The fraction of sp³-hybridized carbons (Fsp3) is 0.423. The summed E-state index contributed by atoms with van der Waals surface area (Å²) in [7, 11) is -0.872. The number of aromatic nitrogens is 1. The molecule has 2 aromatic carbocycles. The lowest BCUT2D eigenvalue weighted by molar-refractivity contribution is 0.0600. The normalized spacial score (nSPS) is 16.4. The lowest BCUT2D eigenvalue weighted by atomic mass is 10.2. The van der Waals surface area contributed by atoms with Crippen LogP contribution < -0.4 is 4.80 Å². The highest BCUT2D eigenvalue weighted by molar-refractivity contribution is 7.89. The largest absolute Gasteiger partial charge is 0.465 e. The quantitative estimate of drug-likeness (QED) is 0.276.